The molecule has 15 heavy (non-hydrogen) atoms. The number of hydrogen-bond donors (Lipinski definition) is 2. The van der Waals surface area contributed by atoms with Gasteiger partial charge in [-0.25, -0.2) is 0 Å². The highest BCUT2D eigenvalue weighted by Crippen LogP contribution is 2.12. The highest BCUT2D eigenvalue weighted by atomic mass is 16.5. The molecule has 0 bridgehead atoms. The third kappa shape index (κ3) is 3.85. The average molecular weight is 210 g/mol. The van der Waals surface area contributed by atoms with Gasteiger partial charge in [0.1, 0.15) is 11.9 Å². The van der Waals surface area contributed by atoms with Gasteiger partial charge in [-0.1, -0.05) is 0 Å². The number of pyridine rings is 1. The van der Waals surface area contributed by atoms with Gasteiger partial charge in [0.2, 0.25) is 0 Å². The topological polar surface area (TPSA) is 54.4 Å². The van der Waals surface area contributed by atoms with Gasteiger partial charge in [0.25, 0.3) is 0 Å². The first-order valence-electron chi connectivity index (χ1n) is 5.07. The Balaban J connectivity index is 2.56. The number of nitrogens with one attached hydrogen (secondary N) is 1. The molecule has 0 aliphatic heterocycles. The van der Waals surface area contributed by atoms with E-state index in [-0.39, 0.29) is 6.10 Å². The van der Waals surface area contributed by atoms with Crippen LogP contribution in [0.2, 0.25) is 0 Å². The predicted octanol–water partition coefficient (Wildman–Crippen LogP) is 0.949. The van der Waals surface area contributed by atoms with Crippen LogP contribution < -0.4 is 10.1 Å². The lowest BCUT2D eigenvalue weighted by Crippen LogP contribution is -2.25. The van der Waals surface area contributed by atoms with Crippen LogP contribution in [-0.2, 0) is 6.54 Å². The largest absolute Gasteiger partial charge is 0.486 e. The summed E-state index contributed by atoms with van der Waals surface area (Å²) in [4.78, 5) is 4.21. The number of aromatic nitrogens is 1. The maximum Gasteiger partial charge on any atom is 0.138 e. The third-order valence-electron chi connectivity index (χ3n) is 2.16. The first kappa shape index (κ1) is 11.9. The maximum absolute atomic E-state index is 9.27. The van der Waals surface area contributed by atoms with Crippen molar-refractivity contribution in [3.8, 4) is 5.75 Å². The maximum atomic E-state index is 9.27. The van der Waals surface area contributed by atoms with Gasteiger partial charge >= 0.3 is 0 Å². The molecule has 0 aliphatic rings. The molecular formula is C11H18N2O2. The normalized spacial score (nSPS) is 14.7. The van der Waals surface area contributed by atoms with Crippen LogP contribution >= 0.6 is 0 Å². The molecule has 1 heterocycles. The summed E-state index contributed by atoms with van der Waals surface area (Å²) in [5.41, 5.74) is 0.967. The Morgan fingerprint density at radius 3 is 2.67 bits per heavy atom. The molecule has 0 saturated carbocycles. The minimum absolute atomic E-state index is 0.220. The summed E-state index contributed by atoms with van der Waals surface area (Å²) in [5.74, 6) is 0.684. The fourth-order valence-electron chi connectivity index (χ4n) is 1.08. The molecule has 1 rings (SSSR count). The average Bonchev–Trinajstić information content (AvgIpc) is 2.21. The van der Waals surface area contributed by atoms with Crippen molar-refractivity contribution in [1.82, 2.24) is 10.3 Å². The van der Waals surface area contributed by atoms with Gasteiger partial charge < -0.3 is 15.2 Å². The monoisotopic (exact) mass is 210 g/mol. The lowest BCUT2D eigenvalue weighted by Gasteiger charge is -2.16. The zero-order valence-electron chi connectivity index (χ0n) is 9.40. The van der Waals surface area contributed by atoms with E-state index in [1.807, 2.05) is 26.1 Å². The molecule has 1 aromatic rings. The fraction of sp³-hybridized carbons (Fsp3) is 0.545. The Kier molecular flexibility index (Phi) is 4.52. The Labute approximate surface area is 90.3 Å². The minimum atomic E-state index is -0.484. The summed E-state index contributed by atoms with van der Waals surface area (Å²) in [6.45, 7) is 4.27. The van der Waals surface area contributed by atoms with E-state index in [1.54, 1.807) is 13.1 Å². The summed E-state index contributed by atoms with van der Waals surface area (Å²) in [6, 6.07) is 3.76. The number of aliphatic hydroxyl groups excluding tert-OH is 1. The van der Waals surface area contributed by atoms with Crippen molar-refractivity contribution < 1.29 is 9.84 Å². The molecule has 0 saturated heterocycles. The summed E-state index contributed by atoms with van der Waals surface area (Å²) in [7, 11) is 1.88. The zero-order valence-corrected chi connectivity index (χ0v) is 9.40. The van der Waals surface area contributed by atoms with Crippen molar-refractivity contribution in [3.05, 3.63) is 24.0 Å². The summed E-state index contributed by atoms with van der Waals surface area (Å²) < 4.78 is 5.48. The first-order valence-corrected chi connectivity index (χ1v) is 5.07. The zero-order chi connectivity index (χ0) is 11.3. The van der Waals surface area contributed by atoms with E-state index in [1.165, 1.54) is 0 Å². The molecule has 0 spiro atoms. The number of ether oxygens (including phenoxy) is 1. The summed E-state index contributed by atoms with van der Waals surface area (Å²) in [5, 5.41) is 12.3. The molecule has 4 nitrogen and oxygen atoms in total. The highest BCUT2D eigenvalue weighted by Gasteiger charge is 2.10. The predicted molar refractivity (Wildman–Crippen MR) is 58.8 cm³/mol. The van der Waals surface area contributed by atoms with E-state index in [9.17, 15) is 5.11 Å². The second-order valence-electron chi connectivity index (χ2n) is 3.58. The van der Waals surface area contributed by atoms with Gasteiger partial charge in [-0.15, -0.1) is 0 Å². The van der Waals surface area contributed by atoms with Crippen molar-refractivity contribution in [2.45, 2.75) is 32.6 Å². The number of aliphatic hydroxyl groups is 1. The van der Waals surface area contributed by atoms with Crippen molar-refractivity contribution in [1.29, 1.82) is 0 Å². The van der Waals surface area contributed by atoms with Gasteiger partial charge in [0.15, 0.2) is 0 Å². The molecule has 0 aromatic carbocycles. The van der Waals surface area contributed by atoms with Crippen LogP contribution in [0.15, 0.2) is 18.3 Å². The van der Waals surface area contributed by atoms with Crippen molar-refractivity contribution in [2.24, 2.45) is 0 Å². The van der Waals surface area contributed by atoms with Crippen LogP contribution in [0.4, 0.5) is 0 Å². The standard InChI is InChI=1S/C11H18N2O2/c1-8(14)9(2)15-11-5-4-10(6-12-3)13-7-11/h4-5,7-9,12,14H,6H2,1-3H3. The SMILES string of the molecule is CNCc1ccc(OC(C)C(C)O)cn1. The van der Waals surface area contributed by atoms with Gasteiger partial charge in [-0.05, 0) is 33.0 Å². The Hall–Kier alpha value is -1.13. The van der Waals surface area contributed by atoms with Gasteiger partial charge in [0.05, 0.1) is 18.0 Å². The van der Waals surface area contributed by atoms with Crippen LogP contribution in [0.5, 0.6) is 5.75 Å². The van der Waals surface area contributed by atoms with Gasteiger partial charge in [0, 0.05) is 6.54 Å². The van der Waals surface area contributed by atoms with Gasteiger partial charge in [-0.3, -0.25) is 4.98 Å². The van der Waals surface area contributed by atoms with E-state index in [0.717, 1.165) is 12.2 Å². The first-order chi connectivity index (χ1) is 7.13. The molecule has 0 fully saturated rings. The molecule has 0 amide bonds. The number of nitrogens with zero attached hydrogens (tertiary/aromatic N) is 1. The van der Waals surface area contributed by atoms with E-state index >= 15 is 0 Å². The third-order valence-corrected chi connectivity index (χ3v) is 2.16. The Morgan fingerprint density at radius 2 is 2.20 bits per heavy atom. The van der Waals surface area contributed by atoms with E-state index in [2.05, 4.69) is 10.3 Å². The molecule has 2 unspecified atom stereocenters. The number of hydrogen-bond acceptors (Lipinski definition) is 4. The molecule has 0 radical (unpaired) electrons. The van der Waals surface area contributed by atoms with Crippen molar-refractivity contribution in [2.75, 3.05) is 7.05 Å². The van der Waals surface area contributed by atoms with Crippen LogP contribution in [0.25, 0.3) is 0 Å². The van der Waals surface area contributed by atoms with Crippen molar-refractivity contribution in [3.63, 3.8) is 0 Å². The minimum Gasteiger partial charge on any atom is -0.486 e. The van der Waals surface area contributed by atoms with Crippen LogP contribution in [0.1, 0.15) is 19.5 Å². The van der Waals surface area contributed by atoms with E-state index in [0.29, 0.717) is 5.75 Å². The summed E-state index contributed by atoms with van der Waals surface area (Å²) >= 11 is 0. The molecular weight excluding hydrogens is 192 g/mol. The second-order valence-corrected chi connectivity index (χ2v) is 3.58. The van der Waals surface area contributed by atoms with Crippen LogP contribution in [0.3, 0.4) is 0 Å². The lowest BCUT2D eigenvalue weighted by atomic mass is 10.2. The molecule has 4 heteroatoms. The van der Waals surface area contributed by atoms with E-state index in [4.69, 9.17) is 4.74 Å². The second kappa shape index (κ2) is 5.68. The molecule has 2 atom stereocenters. The molecule has 2 N–H and O–H groups in total. The molecule has 1 aromatic heterocycles. The molecule has 0 aliphatic carbocycles. The van der Waals surface area contributed by atoms with E-state index < -0.39 is 6.10 Å². The fourth-order valence-corrected chi connectivity index (χ4v) is 1.08. The molecule has 84 valence electrons. The van der Waals surface area contributed by atoms with Crippen LogP contribution in [-0.4, -0.2) is 29.3 Å². The Morgan fingerprint density at radius 1 is 1.47 bits per heavy atom. The van der Waals surface area contributed by atoms with Crippen molar-refractivity contribution >= 4 is 0 Å². The Bertz CT molecular complexity index is 285. The van der Waals surface area contributed by atoms with Gasteiger partial charge in [-0.2, -0.15) is 0 Å². The quantitative estimate of drug-likeness (QED) is 0.759. The lowest BCUT2D eigenvalue weighted by molar-refractivity contribution is 0.0602. The highest BCUT2D eigenvalue weighted by molar-refractivity contribution is 5.20. The van der Waals surface area contributed by atoms with Crippen LogP contribution in [0, 0.1) is 0 Å². The summed E-state index contributed by atoms with van der Waals surface area (Å²) in [6.07, 6.45) is 0.967. The number of rotatable bonds is 5. The smallest absolute Gasteiger partial charge is 0.138 e.